The molecule has 0 aromatic rings. The summed E-state index contributed by atoms with van der Waals surface area (Å²) in [6.07, 6.45) is 3.51. The van der Waals surface area contributed by atoms with E-state index in [-0.39, 0.29) is 5.91 Å². The highest BCUT2D eigenvalue weighted by Crippen LogP contribution is 1.92. The Bertz CT molecular complexity index is 191. The summed E-state index contributed by atoms with van der Waals surface area (Å²) in [7, 11) is 0. The minimum absolute atomic E-state index is 0.0376. The second kappa shape index (κ2) is 10.4. The number of thioether (sulfide) groups is 1. The number of nitriles is 1. The molecule has 4 nitrogen and oxygen atoms in total. The van der Waals surface area contributed by atoms with Crippen molar-refractivity contribution in [1.82, 2.24) is 10.6 Å². The van der Waals surface area contributed by atoms with E-state index in [4.69, 9.17) is 5.26 Å². The molecular weight excluding hydrogens is 198 g/mol. The van der Waals surface area contributed by atoms with Crippen LogP contribution in [0.2, 0.25) is 0 Å². The van der Waals surface area contributed by atoms with Gasteiger partial charge in [-0.3, -0.25) is 4.79 Å². The number of rotatable bonds is 8. The first-order valence-corrected chi connectivity index (χ1v) is 6.04. The summed E-state index contributed by atoms with van der Waals surface area (Å²) in [5, 5.41) is 13.9. The van der Waals surface area contributed by atoms with E-state index >= 15 is 0 Å². The van der Waals surface area contributed by atoms with Crippen molar-refractivity contribution >= 4 is 17.7 Å². The Morgan fingerprint density at radius 3 is 2.93 bits per heavy atom. The van der Waals surface area contributed by atoms with Gasteiger partial charge in [0.25, 0.3) is 0 Å². The van der Waals surface area contributed by atoms with Gasteiger partial charge in [-0.25, -0.2) is 0 Å². The highest BCUT2D eigenvalue weighted by molar-refractivity contribution is 7.98. The Kier molecular flexibility index (Phi) is 9.81. The fraction of sp³-hybridized carbons (Fsp3) is 0.778. The van der Waals surface area contributed by atoms with Gasteiger partial charge in [0.2, 0.25) is 5.91 Å². The first kappa shape index (κ1) is 13.3. The summed E-state index contributed by atoms with van der Waals surface area (Å²) in [5.74, 6) is 1.08. The van der Waals surface area contributed by atoms with Crippen molar-refractivity contribution in [3.8, 4) is 6.07 Å². The zero-order chi connectivity index (χ0) is 10.6. The number of carbonyl (C=O) groups is 1. The minimum Gasteiger partial charge on any atom is -0.354 e. The maximum absolute atomic E-state index is 11.1. The standard InChI is InChI=1S/C9H17N3OS/c1-14-7-3-5-11-8-9(13)12-6-2-4-10/h11H,2-3,5-8H2,1H3,(H,12,13). The van der Waals surface area contributed by atoms with Crippen LogP contribution in [0.5, 0.6) is 0 Å². The smallest absolute Gasteiger partial charge is 0.233 e. The van der Waals surface area contributed by atoms with E-state index in [1.54, 1.807) is 11.8 Å². The molecule has 0 fully saturated rings. The van der Waals surface area contributed by atoms with Gasteiger partial charge in [0.05, 0.1) is 19.0 Å². The molecule has 0 aliphatic carbocycles. The average Bonchev–Trinajstić information content (AvgIpc) is 2.18. The third-order valence-corrected chi connectivity index (χ3v) is 2.24. The fourth-order valence-corrected chi connectivity index (χ4v) is 1.30. The van der Waals surface area contributed by atoms with Crippen LogP contribution in [0.4, 0.5) is 0 Å². The summed E-state index contributed by atoms with van der Waals surface area (Å²) in [6, 6.07) is 1.97. The molecule has 0 aromatic carbocycles. The van der Waals surface area contributed by atoms with E-state index in [0.29, 0.717) is 19.5 Å². The molecule has 0 atom stereocenters. The molecule has 0 saturated heterocycles. The quantitative estimate of drug-likeness (QED) is 0.574. The topological polar surface area (TPSA) is 64.9 Å². The van der Waals surface area contributed by atoms with Crippen LogP contribution in [0.25, 0.3) is 0 Å². The van der Waals surface area contributed by atoms with Crippen LogP contribution in [0.3, 0.4) is 0 Å². The molecule has 0 heterocycles. The molecule has 0 aliphatic rings. The number of hydrogen-bond donors (Lipinski definition) is 2. The molecular formula is C9H17N3OS. The predicted molar refractivity (Wildman–Crippen MR) is 59.1 cm³/mol. The number of hydrogen-bond acceptors (Lipinski definition) is 4. The Morgan fingerprint density at radius 2 is 2.29 bits per heavy atom. The minimum atomic E-state index is -0.0376. The zero-order valence-electron chi connectivity index (χ0n) is 8.51. The highest BCUT2D eigenvalue weighted by atomic mass is 32.2. The van der Waals surface area contributed by atoms with Gasteiger partial charge in [-0.1, -0.05) is 0 Å². The summed E-state index contributed by atoms with van der Waals surface area (Å²) < 4.78 is 0. The van der Waals surface area contributed by atoms with Gasteiger partial charge >= 0.3 is 0 Å². The van der Waals surface area contributed by atoms with Crippen molar-refractivity contribution in [2.75, 3.05) is 31.6 Å². The molecule has 0 radical (unpaired) electrons. The number of nitrogens with zero attached hydrogens (tertiary/aromatic N) is 1. The van der Waals surface area contributed by atoms with Crippen LogP contribution in [0.1, 0.15) is 12.8 Å². The number of nitrogens with one attached hydrogen (secondary N) is 2. The summed E-state index contributed by atoms with van der Waals surface area (Å²) in [6.45, 7) is 1.66. The lowest BCUT2D eigenvalue weighted by Gasteiger charge is -2.04. The van der Waals surface area contributed by atoms with Crippen molar-refractivity contribution in [2.45, 2.75) is 12.8 Å². The highest BCUT2D eigenvalue weighted by Gasteiger charge is 1.98. The van der Waals surface area contributed by atoms with E-state index in [2.05, 4.69) is 16.9 Å². The van der Waals surface area contributed by atoms with Crippen LogP contribution in [-0.2, 0) is 4.79 Å². The largest absolute Gasteiger partial charge is 0.354 e. The molecule has 0 aromatic heterocycles. The molecule has 0 bridgehead atoms. The second-order valence-electron chi connectivity index (χ2n) is 2.78. The number of amides is 1. The fourth-order valence-electron chi connectivity index (χ4n) is 0.864. The van der Waals surface area contributed by atoms with E-state index < -0.39 is 0 Å². The second-order valence-corrected chi connectivity index (χ2v) is 3.77. The Balaban J connectivity index is 3.15. The maximum Gasteiger partial charge on any atom is 0.233 e. The lowest BCUT2D eigenvalue weighted by Crippen LogP contribution is -2.34. The van der Waals surface area contributed by atoms with Gasteiger partial charge in [0.1, 0.15) is 0 Å². The van der Waals surface area contributed by atoms with Crippen LogP contribution in [0.15, 0.2) is 0 Å². The van der Waals surface area contributed by atoms with E-state index in [9.17, 15) is 4.79 Å². The monoisotopic (exact) mass is 215 g/mol. The average molecular weight is 215 g/mol. The van der Waals surface area contributed by atoms with Crippen LogP contribution in [-0.4, -0.2) is 37.6 Å². The molecule has 1 amide bonds. The van der Waals surface area contributed by atoms with Crippen molar-refractivity contribution in [1.29, 1.82) is 5.26 Å². The molecule has 80 valence electrons. The first-order chi connectivity index (χ1) is 6.81. The summed E-state index contributed by atoms with van der Waals surface area (Å²) >= 11 is 1.80. The van der Waals surface area contributed by atoms with Gasteiger partial charge in [0.15, 0.2) is 0 Å². The molecule has 14 heavy (non-hydrogen) atoms. The normalized spacial score (nSPS) is 9.43. The molecule has 0 rings (SSSR count). The molecule has 0 saturated carbocycles. The first-order valence-electron chi connectivity index (χ1n) is 4.64. The van der Waals surface area contributed by atoms with Gasteiger partial charge in [-0.05, 0) is 25.0 Å². The summed E-state index contributed by atoms with van der Waals surface area (Å²) in [4.78, 5) is 11.1. The van der Waals surface area contributed by atoms with E-state index in [0.717, 1.165) is 18.7 Å². The SMILES string of the molecule is CSCCCNCC(=O)NCCC#N. The van der Waals surface area contributed by atoms with Crippen molar-refractivity contribution in [2.24, 2.45) is 0 Å². The predicted octanol–water partition coefficient (Wildman–Crippen LogP) is 0.359. The van der Waals surface area contributed by atoms with Gasteiger partial charge in [-0.15, -0.1) is 0 Å². The van der Waals surface area contributed by atoms with Crippen LogP contribution in [0, 0.1) is 11.3 Å². The summed E-state index contributed by atoms with van der Waals surface area (Å²) in [5.41, 5.74) is 0. The van der Waals surface area contributed by atoms with Gasteiger partial charge < -0.3 is 10.6 Å². The van der Waals surface area contributed by atoms with Gasteiger partial charge in [0, 0.05) is 6.54 Å². The lowest BCUT2D eigenvalue weighted by molar-refractivity contribution is -0.120. The Labute approximate surface area is 89.4 Å². The molecule has 0 unspecified atom stereocenters. The van der Waals surface area contributed by atoms with Crippen LogP contribution >= 0.6 is 11.8 Å². The maximum atomic E-state index is 11.1. The van der Waals surface area contributed by atoms with Crippen molar-refractivity contribution in [3.63, 3.8) is 0 Å². The molecule has 0 spiro atoms. The van der Waals surface area contributed by atoms with Crippen molar-refractivity contribution < 1.29 is 4.79 Å². The van der Waals surface area contributed by atoms with Gasteiger partial charge in [-0.2, -0.15) is 17.0 Å². The Hall–Kier alpha value is -0.730. The number of carbonyl (C=O) groups excluding carboxylic acids is 1. The van der Waals surface area contributed by atoms with E-state index in [1.807, 2.05) is 6.07 Å². The molecule has 2 N–H and O–H groups in total. The van der Waals surface area contributed by atoms with Crippen molar-refractivity contribution in [3.05, 3.63) is 0 Å². The van der Waals surface area contributed by atoms with E-state index in [1.165, 1.54) is 0 Å². The third-order valence-electron chi connectivity index (χ3n) is 1.55. The Morgan fingerprint density at radius 1 is 1.50 bits per heavy atom. The zero-order valence-corrected chi connectivity index (χ0v) is 9.32. The lowest BCUT2D eigenvalue weighted by atomic mass is 10.4. The van der Waals surface area contributed by atoms with Crippen LogP contribution < -0.4 is 10.6 Å². The molecule has 5 heteroatoms. The third kappa shape index (κ3) is 9.36. The molecule has 0 aliphatic heterocycles.